The van der Waals surface area contributed by atoms with Gasteiger partial charge in [-0.05, 0) is 60.5 Å². The van der Waals surface area contributed by atoms with E-state index in [-0.39, 0.29) is 5.56 Å². The minimum atomic E-state index is -0.225. The highest BCUT2D eigenvalue weighted by atomic mass is 79.9. The molecule has 3 aromatic rings. The van der Waals surface area contributed by atoms with Crippen molar-refractivity contribution in [2.75, 3.05) is 13.2 Å². The zero-order valence-corrected chi connectivity index (χ0v) is 22.1. The first-order valence-electron chi connectivity index (χ1n) is 10.4. The maximum absolute atomic E-state index is 13.3. The van der Waals surface area contributed by atoms with Gasteiger partial charge < -0.3 is 9.47 Å². The number of aryl methyl sites for hydroxylation is 1. The fourth-order valence-electron chi connectivity index (χ4n) is 3.17. The Hall–Kier alpha value is -1.90. The number of hydrogen-bond donors (Lipinski definition) is 0. The SMILES string of the molecule is CCCCc1nc2ccc(Br)cc2c(=O)n1N=Cc1cc(OCC)c(OCC)c(Cl)c1Br. The highest BCUT2D eigenvalue weighted by Gasteiger charge is 2.17. The molecule has 0 saturated carbocycles. The Morgan fingerprint density at radius 3 is 2.59 bits per heavy atom. The maximum Gasteiger partial charge on any atom is 0.282 e. The molecule has 0 aliphatic carbocycles. The highest BCUT2D eigenvalue weighted by Crippen LogP contribution is 2.42. The summed E-state index contributed by atoms with van der Waals surface area (Å²) >= 11 is 13.5. The molecule has 0 N–H and O–H groups in total. The second-order valence-corrected chi connectivity index (χ2v) is 9.03. The number of ether oxygens (including phenoxy) is 2. The molecule has 0 bridgehead atoms. The lowest BCUT2D eigenvalue weighted by Gasteiger charge is -2.15. The van der Waals surface area contributed by atoms with Crippen LogP contribution < -0.4 is 15.0 Å². The van der Waals surface area contributed by atoms with Crippen molar-refractivity contribution in [2.45, 2.75) is 40.0 Å². The van der Waals surface area contributed by atoms with Gasteiger partial charge in [0.1, 0.15) is 10.8 Å². The lowest BCUT2D eigenvalue weighted by molar-refractivity contribution is 0.287. The topological polar surface area (TPSA) is 65.7 Å². The standard InChI is InChI=1S/C23H24Br2ClN3O3/c1-4-7-8-19-28-17-10-9-15(24)12-16(17)23(30)29(19)27-13-14-11-18(31-5-2)22(32-6-3)21(26)20(14)25/h9-13H,4-8H2,1-3H3. The van der Waals surface area contributed by atoms with Crippen molar-refractivity contribution < 1.29 is 9.47 Å². The van der Waals surface area contributed by atoms with Crippen LogP contribution in [-0.4, -0.2) is 29.1 Å². The van der Waals surface area contributed by atoms with Crippen LogP contribution in [0.25, 0.3) is 10.9 Å². The predicted molar refractivity (Wildman–Crippen MR) is 137 cm³/mol. The molecule has 0 aliphatic rings. The van der Waals surface area contributed by atoms with E-state index in [2.05, 4.69) is 43.9 Å². The summed E-state index contributed by atoms with van der Waals surface area (Å²) in [5, 5.41) is 5.39. The summed E-state index contributed by atoms with van der Waals surface area (Å²) in [5.41, 5.74) is 1.08. The number of aromatic nitrogens is 2. The summed E-state index contributed by atoms with van der Waals surface area (Å²) < 4.78 is 14.1. The average molecular weight is 586 g/mol. The fourth-order valence-corrected chi connectivity index (χ4v) is 4.19. The van der Waals surface area contributed by atoms with E-state index in [0.717, 1.165) is 17.3 Å². The van der Waals surface area contributed by atoms with Crippen LogP contribution in [0.5, 0.6) is 11.5 Å². The maximum atomic E-state index is 13.3. The van der Waals surface area contributed by atoms with Gasteiger partial charge in [0.15, 0.2) is 11.5 Å². The van der Waals surface area contributed by atoms with Gasteiger partial charge in [0.25, 0.3) is 5.56 Å². The molecule has 0 atom stereocenters. The third-order valence-corrected chi connectivity index (χ3v) is 6.62. The van der Waals surface area contributed by atoms with E-state index < -0.39 is 0 Å². The molecule has 0 spiro atoms. The lowest BCUT2D eigenvalue weighted by atomic mass is 10.2. The van der Waals surface area contributed by atoms with Crippen molar-refractivity contribution in [1.29, 1.82) is 0 Å². The van der Waals surface area contributed by atoms with Gasteiger partial charge in [-0.1, -0.05) is 40.9 Å². The molecule has 0 aliphatic heterocycles. The van der Waals surface area contributed by atoms with Crippen molar-refractivity contribution >= 4 is 60.6 Å². The van der Waals surface area contributed by atoms with Gasteiger partial charge in [0.05, 0.1) is 30.3 Å². The molecule has 170 valence electrons. The lowest BCUT2D eigenvalue weighted by Crippen LogP contribution is -2.22. The normalized spacial score (nSPS) is 11.4. The quantitative estimate of drug-likeness (QED) is 0.266. The first-order chi connectivity index (χ1) is 15.4. The summed E-state index contributed by atoms with van der Waals surface area (Å²) in [4.78, 5) is 18.0. The third-order valence-electron chi connectivity index (χ3n) is 4.69. The number of halogens is 3. The van der Waals surface area contributed by atoms with Crippen molar-refractivity contribution in [1.82, 2.24) is 9.66 Å². The van der Waals surface area contributed by atoms with E-state index in [4.69, 9.17) is 26.1 Å². The molecule has 0 amide bonds. The van der Waals surface area contributed by atoms with Gasteiger partial charge in [-0.15, -0.1) is 0 Å². The van der Waals surface area contributed by atoms with Crippen molar-refractivity contribution in [3.63, 3.8) is 0 Å². The van der Waals surface area contributed by atoms with Crippen LogP contribution in [0.4, 0.5) is 0 Å². The second kappa shape index (κ2) is 11.3. The largest absolute Gasteiger partial charge is 0.490 e. The molecule has 0 saturated heterocycles. The molecular formula is C23H24Br2ClN3O3. The van der Waals surface area contributed by atoms with E-state index in [1.54, 1.807) is 18.3 Å². The number of fused-ring (bicyclic) bond motifs is 1. The third kappa shape index (κ3) is 5.35. The average Bonchev–Trinajstić information content (AvgIpc) is 2.78. The second-order valence-electron chi connectivity index (χ2n) is 6.94. The number of rotatable bonds is 9. The number of hydrogen-bond acceptors (Lipinski definition) is 5. The summed E-state index contributed by atoms with van der Waals surface area (Å²) in [7, 11) is 0. The van der Waals surface area contributed by atoms with Crippen LogP contribution in [0, 0.1) is 0 Å². The van der Waals surface area contributed by atoms with Crippen LogP contribution >= 0.6 is 43.5 Å². The van der Waals surface area contributed by atoms with Crippen LogP contribution in [0.1, 0.15) is 45.0 Å². The van der Waals surface area contributed by atoms with Gasteiger partial charge in [0, 0.05) is 20.9 Å². The van der Waals surface area contributed by atoms with Gasteiger partial charge in [-0.2, -0.15) is 9.78 Å². The van der Waals surface area contributed by atoms with E-state index >= 15 is 0 Å². The molecule has 0 radical (unpaired) electrons. The summed E-state index contributed by atoms with van der Waals surface area (Å²) in [6.07, 6.45) is 4.10. The van der Waals surface area contributed by atoms with Crippen LogP contribution in [-0.2, 0) is 6.42 Å². The van der Waals surface area contributed by atoms with Gasteiger partial charge in [0.2, 0.25) is 0 Å². The van der Waals surface area contributed by atoms with E-state index in [0.29, 0.717) is 62.9 Å². The summed E-state index contributed by atoms with van der Waals surface area (Å²) in [6.45, 7) is 6.77. The Balaban J connectivity index is 2.15. The zero-order chi connectivity index (χ0) is 23.3. The summed E-state index contributed by atoms with van der Waals surface area (Å²) in [6, 6.07) is 7.26. The predicted octanol–water partition coefficient (Wildman–Crippen LogP) is 6.60. The monoisotopic (exact) mass is 583 g/mol. The van der Waals surface area contributed by atoms with Gasteiger partial charge >= 0.3 is 0 Å². The molecule has 0 fully saturated rings. The molecule has 6 nitrogen and oxygen atoms in total. The highest BCUT2D eigenvalue weighted by molar-refractivity contribution is 9.10. The Labute approximate surface area is 208 Å². The fraction of sp³-hybridized carbons (Fsp3) is 0.348. The molecular weight excluding hydrogens is 562 g/mol. The zero-order valence-electron chi connectivity index (χ0n) is 18.1. The first kappa shape index (κ1) is 24.7. The van der Waals surface area contributed by atoms with Crippen molar-refractivity contribution in [2.24, 2.45) is 5.10 Å². The number of nitrogens with zero attached hydrogens (tertiary/aromatic N) is 3. The Bertz CT molecular complexity index is 1210. The molecule has 3 rings (SSSR count). The Morgan fingerprint density at radius 2 is 1.91 bits per heavy atom. The Kier molecular flexibility index (Phi) is 8.73. The molecule has 2 aromatic carbocycles. The first-order valence-corrected chi connectivity index (χ1v) is 12.4. The van der Waals surface area contributed by atoms with Crippen molar-refractivity contribution in [3.05, 3.63) is 60.0 Å². The van der Waals surface area contributed by atoms with Crippen LogP contribution in [0.15, 0.2) is 43.1 Å². The Morgan fingerprint density at radius 1 is 1.16 bits per heavy atom. The van der Waals surface area contributed by atoms with Crippen LogP contribution in [0.3, 0.4) is 0 Å². The van der Waals surface area contributed by atoms with E-state index in [1.807, 2.05) is 26.0 Å². The molecule has 1 aromatic heterocycles. The summed E-state index contributed by atoms with van der Waals surface area (Å²) in [5.74, 6) is 1.60. The number of benzene rings is 2. The van der Waals surface area contributed by atoms with Crippen LogP contribution in [0.2, 0.25) is 5.02 Å². The van der Waals surface area contributed by atoms with Crippen molar-refractivity contribution in [3.8, 4) is 11.5 Å². The molecule has 0 unspecified atom stereocenters. The van der Waals surface area contributed by atoms with Gasteiger partial charge in [-0.3, -0.25) is 4.79 Å². The molecule has 1 heterocycles. The number of unbranched alkanes of at least 4 members (excludes halogenated alkanes) is 1. The minimum absolute atomic E-state index is 0.225. The minimum Gasteiger partial charge on any atom is -0.490 e. The van der Waals surface area contributed by atoms with Gasteiger partial charge in [-0.25, -0.2) is 4.98 Å². The smallest absolute Gasteiger partial charge is 0.282 e. The molecule has 32 heavy (non-hydrogen) atoms. The van der Waals surface area contributed by atoms with E-state index in [9.17, 15) is 4.79 Å². The molecule has 9 heteroatoms. The van der Waals surface area contributed by atoms with E-state index in [1.165, 1.54) is 4.68 Å².